The van der Waals surface area contributed by atoms with Crippen molar-refractivity contribution in [3.8, 4) is 0 Å². The fraction of sp³-hybridized carbons (Fsp3) is 1.00. The van der Waals surface area contributed by atoms with Gasteiger partial charge in [-0.05, 0) is 18.3 Å². The van der Waals surface area contributed by atoms with Gasteiger partial charge in [-0.3, -0.25) is 0 Å². The summed E-state index contributed by atoms with van der Waals surface area (Å²) in [6.45, 7) is 7.52. The van der Waals surface area contributed by atoms with Crippen LogP contribution in [0.15, 0.2) is 0 Å². The predicted molar refractivity (Wildman–Crippen MR) is 47.7 cm³/mol. The molecular formula is C9H17ClO. The third-order valence-electron chi connectivity index (χ3n) is 2.33. The van der Waals surface area contributed by atoms with Gasteiger partial charge >= 0.3 is 0 Å². The van der Waals surface area contributed by atoms with Crippen LogP contribution in [0.25, 0.3) is 0 Å². The van der Waals surface area contributed by atoms with Gasteiger partial charge < -0.3 is 4.74 Å². The molecule has 0 aliphatic carbocycles. The Kier molecular flexibility index (Phi) is 3.20. The summed E-state index contributed by atoms with van der Waals surface area (Å²) in [5.41, 5.74) is -0.0348. The van der Waals surface area contributed by atoms with Crippen molar-refractivity contribution in [3.63, 3.8) is 0 Å². The Labute approximate surface area is 74.1 Å². The average molecular weight is 177 g/mol. The lowest BCUT2D eigenvalue weighted by atomic mass is 9.89. The van der Waals surface area contributed by atoms with Crippen LogP contribution in [-0.2, 0) is 4.74 Å². The normalized spacial score (nSPS) is 38.5. The first-order valence-electron chi connectivity index (χ1n) is 4.37. The van der Waals surface area contributed by atoms with E-state index >= 15 is 0 Å². The Balaban J connectivity index is 2.41. The van der Waals surface area contributed by atoms with Crippen LogP contribution in [0.3, 0.4) is 0 Å². The highest BCUT2D eigenvalue weighted by Crippen LogP contribution is 2.33. The molecule has 0 bridgehead atoms. The molecule has 0 aromatic carbocycles. The average Bonchev–Trinajstić information content (AvgIpc) is 2.18. The Bertz CT molecular complexity index is 115. The quantitative estimate of drug-likeness (QED) is 0.588. The maximum absolute atomic E-state index is 5.99. The first-order valence-corrected chi connectivity index (χ1v) is 4.80. The van der Waals surface area contributed by atoms with Gasteiger partial charge in [0.15, 0.2) is 0 Å². The Morgan fingerprint density at radius 3 is 2.55 bits per heavy atom. The summed E-state index contributed by atoms with van der Waals surface area (Å²) in [6, 6.07) is 0. The molecule has 0 N–H and O–H groups in total. The fourth-order valence-electron chi connectivity index (χ4n) is 1.63. The van der Waals surface area contributed by atoms with Gasteiger partial charge in [0, 0.05) is 5.92 Å². The van der Waals surface area contributed by atoms with Crippen LogP contribution in [0.2, 0.25) is 0 Å². The highest BCUT2D eigenvalue weighted by atomic mass is 35.5. The lowest BCUT2D eigenvalue weighted by Gasteiger charge is -2.18. The second-order valence-corrected chi connectivity index (χ2v) is 4.39. The second kappa shape index (κ2) is 3.77. The van der Waals surface area contributed by atoms with E-state index in [1.54, 1.807) is 0 Å². The summed E-state index contributed by atoms with van der Waals surface area (Å²) >= 11 is 5.99. The van der Waals surface area contributed by atoms with Crippen LogP contribution < -0.4 is 0 Å². The number of alkyl halides is 1. The highest BCUT2D eigenvalue weighted by molar-refractivity contribution is 6.20. The molecule has 1 heterocycles. The zero-order valence-electron chi connectivity index (χ0n) is 7.51. The number of hydrogen-bond acceptors (Lipinski definition) is 1. The molecule has 3 unspecified atom stereocenters. The molecule has 0 radical (unpaired) electrons. The van der Waals surface area contributed by atoms with Gasteiger partial charge in [-0.1, -0.05) is 32.4 Å². The molecule has 66 valence electrons. The SMILES string of the molecule is CC(C)CC1C(C)COC1Cl. The van der Waals surface area contributed by atoms with Crippen molar-refractivity contribution in [2.75, 3.05) is 6.61 Å². The predicted octanol–water partition coefficient (Wildman–Crippen LogP) is 2.88. The minimum absolute atomic E-state index is 0.0348. The van der Waals surface area contributed by atoms with E-state index in [0.29, 0.717) is 11.8 Å². The zero-order valence-corrected chi connectivity index (χ0v) is 8.27. The largest absolute Gasteiger partial charge is 0.362 e. The Morgan fingerprint density at radius 1 is 1.55 bits per heavy atom. The van der Waals surface area contributed by atoms with E-state index in [2.05, 4.69) is 20.8 Å². The second-order valence-electron chi connectivity index (χ2n) is 3.96. The Hall–Kier alpha value is 0.250. The van der Waals surface area contributed by atoms with Crippen molar-refractivity contribution in [1.29, 1.82) is 0 Å². The molecular weight excluding hydrogens is 160 g/mol. The lowest BCUT2D eigenvalue weighted by Crippen LogP contribution is -2.16. The first kappa shape index (κ1) is 9.34. The van der Waals surface area contributed by atoms with E-state index < -0.39 is 0 Å². The summed E-state index contributed by atoms with van der Waals surface area (Å²) in [7, 11) is 0. The molecule has 1 fully saturated rings. The minimum atomic E-state index is -0.0348. The lowest BCUT2D eigenvalue weighted by molar-refractivity contribution is 0.147. The van der Waals surface area contributed by atoms with E-state index in [4.69, 9.17) is 16.3 Å². The van der Waals surface area contributed by atoms with Gasteiger partial charge in [-0.15, -0.1) is 0 Å². The van der Waals surface area contributed by atoms with Crippen molar-refractivity contribution >= 4 is 11.6 Å². The molecule has 1 aliphatic heterocycles. The first-order chi connectivity index (χ1) is 5.11. The van der Waals surface area contributed by atoms with Crippen LogP contribution in [0, 0.1) is 17.8 Å². The molecule has 0 saturated carbocycles. The molecule has 1 rings (SSSR count). The van der Waals surface area contributed by atoms with E-state index in [-0.39, 0.29) is 5.56 Å². The molecule has 11 heavy (non-hydrogen) atoms. The molecule has 1 nitrogen and oxygen atoms in total. The monoisotopic (exact) mass is 176 g/mol. The van der Waals surface area contributed by atoms with E-state index in [1.807, 2.05) is 0 Å². The smallest absolute Gasteiger partial charge is 0.134 e. The molecule has 3 atom stereocenters. The van der Waals surface area contributed by atoms with Gasteiger partial charge in [0.05, 0.1) is 6.61 Å². The van der Waals surface area contributed by atoms with Gasteiger partial charge in [0.1, 0.15) is 5.56 Å². The number of ether oxygens (including phenoxy) is 1. The third kappa shape index (κ3) is 2.34. The van der Waals surface area contributed by atoms with Gasteiger partial charge in [-0.25, -0.2) is 0 Å². The van der Waals surface area contributed by atoms with Crippen LogP contribution in [0.1, 0.15) is 27.2 Å². The van der Waals surface area contributed by atoms with E-state index in [0.717, 1.165) is 12.5 Å². The Morgan fingerprint density at radius 2 is 2.18 bits per heavy atom. The molecule has 0 amide bonds. The maximum atomic E-state index is 5.99. The standard InChI is InChI=1S/C9H17ClO/c1-6(2)4-8-7(3)5-11-9(8)10/h6-9H,4-5H2,1-3H3. The minimum Gasteiger partial charge on any atom is -0.362 e. The third-order valence-corrected chi connectivity index (χ3v) is 2.78. The van der Waals surface area contributed by atoms with Gasteiger partial charge in [-0.2, -0.15) is 0 Å². The highest BCUT2D eigenvalue weighted by Gasteiger charge is 2.32. The van der Waals surface area contributed by atoms with Crippen molar-refractivity contribution < 1.29 is 4.74 Å². The number of halogens is 1. The summed E-state index contributed by atoms with van der Waals surface area (Å²) in [5.74, 6) is 1.93. The number of hydrogen-bond donors (Lipinski definition) is 0. The molecule has 2 heteroatoms. The van der Waals surface area contributed by atoms with Crippen molar-refractivity contribution in [2.45, 2.75) is 32.8 Å². The van der Waals surface area contributed by atoms with Crippen LogP contribution >= 0.6 is 11.6 Å². The molecule has 0 aromatic heterocycles. The van der Waals surface area contributed by atoms with Gasteiger partial charge in [0.25, 0.3) is 0 Å². The molecule has 1 saturated heterocycles. The van der Waals surface area contributed by atoms with Crippen LogP contribution in [-0.4, -0.2) is 12.2 Å². The van der Waals surface area contributed by atoms with E-state index in [1.165, 1.54) is 6.42 Å². The molecule has 1 aliphatic rings. The summed E-state index contributed by atoms with van der Waals surface area (Å²) < 4.78 is 5.34. The summed E-state index contributed by atoms with van der Waals surface area (Å²) in [5, 5.41) is 0. The van der Waals surface area contributed by atoms with Gasteiger partial charge in [0.2, 0.25) is 0 Å². The van der Waals surface area contributed by atoms with Crippen LogP contribution in [0.4, 0.5) is 0 Å². The molecule has 0 aromatic rings. The van der Waals surface area contributed by atoms with Crippen molar-refractivity contribution in [1.82, 2.24) is 0 Å². The molecule has 0 spiro atoms. The van der Waals surface area contributed by atoms with Crippen molar-refractivity contribution in [2.24, 2.45) is 17.8 Å². The maximum Gasteiger partial charge on any atom is 0.134 e. The summed E-state index contributed by atoms with van der Waals surface area (Å²) in [4.78, 5) is 0. The zero-order chi connectivity index (χ0) is 8.43. The fourth-order valence-corrected chi connectivity index (χ4v) is 2.06. The number of rotatable bonds is 2. The van der Waals surface area contributed by atoms with E-state index in [9.17, 15) is 0 Å². The summed E-state index contributed by atoms with van der Waals surface area (Å²) in [6.07, 6.45) is 1.19. The van der Waals surface area contributed by atoms with Crippen molar-refractivity contribution in [3.05, 3.63) is 0 Å². The van der Waals surface area contributed by atoms with Crippen LogP contribution in [0.5, 0.6) is 0 Å². The topological polar surface area (TPSA) is 9.23 Å².